The molecule has 0 fully saturated rings. The van der Waals surface area contributed by atoms with Crippen LogP contribution in [0.2, 0.25) is 0 Å². The number of aromatic nitrogens is 4. The highest BCUT2D eigenvalue weighted by Gasteiger charge is 2.17. The Hall–Kier alpha value is -3.65. The Morgan fingerprint density at radius 3 is 2.87 bits per heavy atom. The molecule has 0 unspecified atom stereocenters. The standard InChI is InChI=1S/C22H18N6OS/c1-15-11-23-22(24-12-15)18-4-2-3-16(9-18)14-27-21(29)6-5-20(26-27)17-7-8-28-19(10-17)13-25-30-28/h2-13,25H,14H2,1H3. The summed E-state index contributed by atoms with van der Waals surface area (Å²) in [6.45, 7) is 2.33. The van der Waals surface area contributed by atoms with Crippen LogP contribution in [0.4, 0.5) is 0 Å². The lowest BCUT2D eigenvalue weighted by molar-refractivity contribution is 0.634. The molecule has 2 aliphatic rings. The summed E-state index contributed by atoms with van der Waals surface area (Å²) in [5, 5.41) is 4.60. The van der Waals surface area contributed by atoms with Crippen LogP contribution < -0.4 is 10.3 Å². The Morgan fingerprint density at radius 2 is 2.00 bits per heavy atom. The molecule has 1 N–H and O–H groups in total. The Bertz CT molecular complexity index is 1260. The van der Waals surface area contributed by atoms with E-state index in [-0.39, 0.29) is 5.56 Å². The topological polar surface area (TPSA) is 75.9 Å². The number of allylic oxidation sites excluding steroid dienone is 3. The molecule has 0 saturated carbocycles. The summed E-state index contributed by atoms with van der Waals surface area (Å²) in [5.41, 5.74) is 5.49. The first-order chi connectivity index (χ1) is 14.7. The van der Waals surface area contributed by atoms with E-state index in [0.717, 1.165) is 33.7 Å². The number of nitrogens with zero attached hydrogens (tertiary/aromatic N) is 5. The van der Waals surface area contributed by atoms with Crippen LogP contribution in [0.25, 0.3) is 17.0 Å². The molecule has 0 saturated heterocycles. The van der Waals surface area contributed by atoms with Gasteiger partial charge in [-0.1, -0.05) is 18.2 Å². The third kappa shape index (κ3) is 3.65. The van der Waals surface area contributed by atoms with E-state index in [1.807, 2.05) is 60.0 Å². The second-order valence-electron chi connectivity index (χ2n) is 7.02. The minimum absolute atomic E-state index is 0.143. The fraction of sp³-hybridized carbons (Fsp3) is 0.0909. The molecular formula is C22H18N6OS. The predicted octanol–water partition coefficient (Wildman–Crippen LogP) is 3.28. The molecule has 7 nitrogen and oxygen atoms in total. The molecule has 0 bridgehead atoms. The van der Waals surface area contributed by atoms with Gasteiger partial charge in [0.1, 0.15) is 0 Å². The summed E-state index contributed by atoms with van der Waals surface area (Å²) in [6.07, 6.45) is 11.5. The monoisotopic (exact) mass is 414 g/mol. The lowest BCUT2D eigenvalue weighted by atomic mass is 10.1. The van der Waals surface area contributed by atoms with Crippen molar-refractivity contribution in [1.29, 1.82) is 0 Å². The van der Waals surface area contributed by atoms with E-state index in [0.29, 0.717) is 12.4 Å². The molecular weight excluding hydrogens is 396 g/mol. The molecule has 30 heavy (non-hydrogen) atoms. The summed E-state index contributed by atoms with van der Waals surface area (Å²) in [6, 6.07) is 11.2. The zero-order chi connectivity index (χ0) is 20.5. The number of hydrogen-bond donors (Lipinski definition) is 1. The zero-order valence-electron chi connectivity index (χ0n) is 16.2. The van der Waals surface area contributed by atoms with Crippen molar-refractivity contribution >= 4 is 17.7 Å². The largest absolute Gasteiger partial charge is 0.316 e. The number of rotatable bonds is 4. The smallest absolute Gasteiger partial charge is 0.267 e. The van der Waals surface area contributed by atoms with E-state index in [9.17, 15) is 4.79 Å². The van der Waals surface area contributed by atoms with Crippen molar-refractivity contribution in [3.05, 3.63) is 106 Å². The molecule has 2 aliphatic heterocycles. The van der Waals surface area contributed by atoms with Crippen molar-refractivity contribution in [3.8, 4) is 11.4 Å². The van der Waals surface area contributed by atoms with Crippen LogP contribution in [0, 0.1) is 6.92 Å². The van der Waals surface area contributed by atoms with Gasteiger partial charge < -0.3 is 4.72 Å². The van der Waals surface area contributed by atoms with E-state index in [1.165, 1.54) is 16.8 Å². The van der Waals surface area contributed by atoms with E-state index >= 15 is 0 Å². The highest BCUT2D eigenvalue weighted by molar-refractivity contribution is 7.95. The van der Waals surface area contributed by atoms with Gasteiger partial charge in [-0.25, -0.2) is 14.6 Å². The maximum absolute atomic E-state index is 12.4. The van der Waals surface area contributed by atoms with Crippen LogP contribution in [0.5, 0.6) is 0 Å². The molecule has 148 valence electrons. The van der Waals surface area contributed by atoms with Crippen molar-refractivity contribution in [2.75, 3.05) is 0 Å². The molecule has 1 aromatic carbocycles. The summed E-state index contributed by atoms with van der Waals surface area (Å²) >= 11 is 1.50. The first kappa shape index (κ1) is 18.4. The quantitative estimate of drug-likeness (QED) is 0.657. The minimum atomic E-state index is -0.143. The number of nitrogens with one attached hydrogen (secondary N) is 1. The lowest BCUT2D eigenvalue weighted by Gasteiger charge is -2.17. The Kier molecular flexibility index (Phi) is 4.68. The molecule has 0 amide bonds. The normalized spacial score (nSPS) is 14.8. The summed E-state index contributed by atoms with van der Waals surface area (Å²) in [4.78, 5) is 21.2. The molecule has 0 radical (unpaired) electrons. The van der Waals surface area contributed by atoms with Gasteiger partial charge >= 0.3 is 0 Å². The lowest BCUT2D eigenvalue weighted by Crippen LogP contribution is -2.23. The molecule has 0 atom stereocenters. The van der Waals surface area contributed by atoms with Crippen LogP contribution in [0.3, 0.4) is 0 Å². The van der Waals surface area contributed by atoms with Gasteiger partial charge in [0, 0.05) is 42.0 Å². The third-order valence-corrected chi connectivity index (χ3v) is 5.52. The Balaban J connectivity index is 1.44. The second kappa shape index (κ2) is 7.64. The average Bonchev–Trinajstić information content (AvgIpc) is 3.24. The van der Waals surface area contributed by atoms with E-state index in [1.54, 1.807) is 24.5 Å². The highest BCUT2D eigenvalue weighted by Crippen LogP contribution is 2.30. The average molecular weight is 414 g/mol. The Morgan fingerprint density at radius 1 is 1.13 bits per heavy atom. The second-order valence-corrected chi connectivity index (χ2v) is 7.83. The maximum atomic E-state index is 12.4. The number of hydrogen-bond acceptors (Lipinski definition) is 7. The Labute approximate surface area is 177 Å². The zero-order valence-corrected chi connectivity index (χ0v) is 17.0. The van der Waals surface area contributed by atoms with E-state index in [2.05, 4.69) is 19.8 Å². The molecule has 0 aliphatic carbocycles. The van der Waals surface area contributed by atoms with Gasteiger partial charge in [-0.3, -0.25) is 9.10 Å². The van der Waals surface area contributed by atoms with Crippen LogP contribution in [-0.2, 0) is 6.54 Å². The highest BCUT2D eigenvalue weighted by atomic mass is 32.2. The van der Waals surface area contributed by atoms with Gasteiger partial charge in [0.15, 0.2) is 5.82 Å². The maximum Gasteiger partial charge on any atom is 0.267 e. The predicted molar refractivity (Wildman–Crippen MR) is 118 cm³/mol. The number of fused-ring (bicyclic) bond motifs is 1. The fourth-order valence-corrected chi connectivity index (χ4v) is 3.86. The first-order valence-corrected chi connectivity index (χ1v) is 10.2. The van der Waals surface area contributed by atoms with Gasteiger partial charge in [-0.05, 0) is 42.3 Å². The SMILES string of the molecule is Cc1cnc(-c2cccc(Cn3nc(C4=CC5=CNSN5C=C4)ccc3=O)c2)nc1. The van der Waals surface area contributed by atoms with Gasteiger partial charge in [0.2, 0.25) is 0 Å². The number of aryl methyl sites for hydroxylation is 1. The van der Waals surface area contributed by atoms with E-state index < -0.39 is 0 Å². The van der Waals surface area contributed by atoms with Crippen molar-refractivity contribution < 1.29 is 0 Å². The molecule has 8 heteroatoms. The minimum Gasteiger partial charge on any atom is -0.316 e. The molecule has 2 aromatic heterocycles. The van der Waals surface area contributed by atoms with Crippen molar-refractivity contribution in [3.63, 3.8) is 0 Å². The van der Waals surface area contributed by atoms with Gasteiger partial charge in [0.05, 0.1) is 30.1 Å². The number of benzene rings is 1. The van der Waals surface area contributed by atoms with Crippen molar-refractivity contribution in [2.24, 2.45) is 0 Å². The van der Waals surface area contributed by atoms with Crippen molar-refractivity contribution in [1.82, 2.24) is 28.8 Å². The summed E-state index contributed by atoms with van der Waals surface area (Å²) < 4.78 is 6.62. The molecule has 5 rings (SSSR count). The third-order valence-electron chi connectivity index (χ3n) is 4.77. The van der Waals surface area contributed by atoms with Crippen LogP contribution in [-0.4, -0.2) is 24.1 Å². The van der Waals surface area contributed by atoms with E-state index in [4.69, 9.17) is 0 Å². The van der Waals surface area contributed by atoms with Crippen LogP contribution in [0.1, 0.15) is 16.8 Å². The summed E-state index contributed by atoms with van der Waals surface area (Å²) in [5.74, 6) is 0.662. The molecule has 0 spiro atoms. The van der Waals surface area contributed by atoms with Crippen LogP contribution in [0.15, 0.2) is 83.8 Å². The first-order valence-electron chi connectivity index (χ1n) is 9.44. The molecule has 3 aromatic rings. The van der Waals surface area contributed by atoms with Gasteiger partial charge in [0.25, 0.3) is 5.56 Å². The van der Waals surface area contributed by atoms with Gasteiger partial charge in [-0.2, -0.15) is 5.10 Å². The van der Waals surface area contributed by atoms with Crippen molar-refractivity contribution in [2.45, 2.75) is 13.5 Å². The van der Waals surface area contributed by atoms with Crippen LogP contribution >= 0.6 is 12.1 Å². The molecule has 4 heterocycles. The van der Waals surface area contributed by atoms with Gasteiger partial charge in [-0.15, -0.1) is 0 Å². The fourth-order valence-electron chi connectivity index (χ4n) is 3.24. The summed E-state index contributed by atoms with van der Waals surface area (Å²) in [7, 11) is 0.